The molecule has 1 saturated carbocycles. The van der Waals surface area contributed by atoms with Gasteiger partial charge in [0.05, 0.1) is 0 Å². The Balaban J connectivity index is 1.99. The summed E-state index contributed by atoms with van der Waals surface area (Å²) in [6.07, 6.45) is 6.17. The summed E-state index contributed by atoms with van der Waals surface area (Å²) in [5.41, 5.74) is 1.45. The zero-order chi connectivity index (χ0) is 12.1. The van der Waals surface area contributed by atoms with Gasteiger partial charge in [0.1, 0.15) is 0 Å². The molecule has 1 N–H and O–H groups in total. The van der Waals surface area contributed by atoms with Gasteiger partial charge in [-0.25, -0.2) is 0 Å². The first-order valence-electron chi connectivity index (χ1n) is 6.28. The van der Waals surface area contributed by atoms with Crippen LogP contribution in [0, 0.1) is 0 Å². The second kappa shape index (κ2) is 6.81. The Bertz CT molecular complexity index is 352. The molecule has 0 amide bonds. The lowest BCUT2D eigenvalue weighted by atomic mass is 9.96. The summed E-state index contributed by atoms with van der Waals surface area (Å²) in [7, 11) is 0. The van der Waals surface area contributed by atoms with Crippen molar-refractivity contribution < 1.29 is 0 Å². The van der Waals surface area contributed by atoms with Crippen LogP contribution in [0.1, 0.15) is 30.7 Å². The maximum atomic E-state index is 3.68. The van der Waals surface area contributed by atoms with Gasteiger partial charge in [0.15, 0.2) is 0 Å². The smallest absolute Gasteiger partial charge is 0.0210 e. The van der Waals surface area contributed by atoms with Crippen molar-refractivity contribution in [2.45, 2.75) is 31.2 Å². The monoisotopic (exact) mass is 313 g/mol. The van der Waals surface area contributed by atoms with Crippen LogP contribution in [0.25, 0.3) is 0 Å². The van der Waals surface area contributed by atoms with Crippen molar-refractivity contribution in [3.8, 4) is 0 Å². The molecule has 0 aromatic heterocycles. The van der Waals surface area contributed by atoms with Crippen molar-refractivity contribution in [3.63, 3.8) is 0 Å². The fourth-order valence-electron chi connectivity index (χ4n) is 2.03. The van der Waals surface area contributed by atoms with Crippen molar-refractivity contribution in [3.05, 3.63) is 34.3 Å². The second-order valence-corrected chi connectivity index (χ2v) is 6.52. The standard InChI is InChI=1S/C14H20BrNS/c1-17-9-8-11(10-16-12-6-7-12)13-4-2-3-5-14(13)15/h2-5,11-12,16H,6-10H2,1H3. The molecule has 0 saturated heterocycles. The average molecular weight is 314 g/mol. The van der Waals surface area contributed by atoms with Crippen LogP contribution >= 0.6 is 27.7 Å². The highest BCUT2D eigenvalue weighted by Crippen LogP contribution is 2.29. The topological polar surface area (TPSA) is 12.0 Å². The predicted octanol–water partition coefficient (Wildman–Crippen LogP) is 4.04. The van der Waals surface area contributed by atoms with Crippen molar-refractivity contribution in [1.82, 2.24) is 5.32 Å². The van der Waals surface area contributed by atoms with Crippen LogP contribution in [-0.2, 0) is 0 Å². The van der Waals surface area contributed by atoms with Crippen LogP contribution in [0.2, 0.25) is 0 Å². The normalized spacial score (nSPS) is 17.1. The number of halogens is 1. The van der Waals surface area contributed by atoms with Gasteiger partial charge < -0.3 is 5.32 Å². The minimum Gasteiger partial charge on any atom is -0.313 e. The number of benzene rings is 1. The Labute approximate surface area is 117 Å². The highest BCUT2D eigenvalue weighted by molar-refractivity contribution is 9.10. The summed E-state index contributed by atoms with van der Waals surface area (Å²) in [6.45, 7) is 1.12. The molecule has 1 fully saturated rings. The molecule has 1 atom stereocenters. The van der Waals surface area contributed by atoms with E-state index in [0.717, 1.165) is 12.6 Å². The van der Waals surface area contributed by atoms with Crippen LogP contribution in [0.5, 0.6) is 0 Å². The summed E-state index contributed by atoms with van der Waals surface area (Å²) in [6, 6.07) is 9.44. The van der Waals surface area contributed by atoms with E-state index in [1.165, 1.54) is 35.1 Å². The lowest BCUT2D eigenvalue weighted by Crippen LogP contribution is -2.24. The van der Waals surface area contributed by atoms with Crippen LogP contribution in [-0.4, -0.2) is 24.6 Å². The molecule has 3 heteroatoms. The summed E-state index contributed by atoms with van der Waals surface area (Å²) in [4.78, 5) is 0. The van der Waals surface area contributed by atoms with Crippen molar-refractivity contribution in [2.75, 3.05) is 18.6 Å². The molecule has 2 rings (SSSR count). The minimum atomic E-state index is 0.638. The lowest BCUT2D eigenvalue weighted by molar-refractivity contribution is 0.569. The molecule has 1 unspecified atom stereocenters. The first-order valence-corrected chi connectivity index (χ1v) is 8.46. The lowest BCUT2D eigenvalue weighted by Gasteiger charge is -2.19. The molecule has 0 aliphatic heterocycles. The number of hydrogen-bond donors (Lipinski definition) is 1. The van der Waals surface area contributed by atoms with Crippen LogP contribution < -0.4 is 5.32 Å². The zero-order valence-electron chi connectivity index (χ0n) is 10.3. The van der Waals surface area contributed by atoms with E-state index in [0.29, 0.717) is 5.92 Å². The van der Waals surface area contributed by atoms with Crippen molar-refractivity contribution >= 4 is 27.7 Å². The molecule has 0 spiro atoms. The highest BCUT2D eigenvalue weighted by Gasteiger charge is 2.22. The average Bonchev–Trinajstić information content (AvgIpc) is 3.15. The third-order valence-corrected chi connectivity index (χ3v) is 4.61. The first kappa shape index (κ1) is 13.4. The molecular formula is C14H20BrNS. The van der Waals surface area contributed by atoms with Gasteiger partial charge in [0.25, 0.3) is 0 Å². The first-order chi connectivity index (χ1) is 8.31. The Hall–Kier alpha value is 0.01000. The SMILES string of the molecule is CSCCC(CNC1CC1)c1ccccc1Br. The predicted molar refractivity (Wildman–Crippen MR) is 80.9 cm³/mol. The number of thioether (sulfide) groups is 1. The minimum absolute atomic E-state index is 0.638. The Kier molecular flexibility index (Phi) is 5.39. The largest absolute Gasteiger partial charge is 0.313 e. The van der Waals surface area contributed by atoms with Gasteiger partial charge in [0.2, 0.25) is 0 Å². The summed E-state index contributed by atoms with van der Waals surface area (Å²) >= 11 is 5.61. The fourth-order valence-corrected chi connectivity index (χ4v) is 3.16. The summed E-state index contributed by atoms with van der Waals surface area (Å²) in [5, 5.41) is 3.66. The quantitative estimate of drug-likeness (QED) is 0.815. The van der Waals surface area contributed by atoms with E-state index in [2.05, 4.69) is 51.8 Å². The maximum Gasteiger partial charge on any atom is 0.0210 e. The van der Waals surface area contributed by atoms with Gasteiger partial charge in [-0.3, -0.25) is 0 Å². The summed E-state index contributed by atoms with van der Waals surface area (Å²) in [5.74, 6) is 1.87. The van der Waals surface area contributed by atoms with E-state index in [1.54, 1.807) is 0 Å². The van der Waals surface area contributed by atoms with E-state index in [9.17, 15) is 0 Å². The number of nitrogens with one attached hydrogen (secondary N) is 1. The van der Waals surface area contributed by atoms with Gasteiger partial charge in [-0.05, 0) is 48.8 Å². The Morgan fingerprint density at radius 1 is 1.41 bits per heavy atom. The van der Waals surface area contributed by atoms with E-state index < -0.39 is 0 Å². The molecule has 94 valence electrons. The molecule has 1 aliphatic carbocycles. The van der Waals surface area contributed by atoms with E-state index >= 15 is 0 Å². The van der Waals surface area contributed by atoms with E-state index in [4.69, 9.17) is 0 Å². The molecule has 0 bridgehead atoms. The third-order valence-electron chi connectivity index (χ3n) is 3.25. The van der Waals surface area contributed by atoms with Gasteiger partial charge in [-0.1, -0.05) is 34.1 Å². The molecule has 1 aromatic rings. The number of rotatable bonds is 7. The fraction of sp³-hybridized carbons (Fsp3) is 0.571. The summed E-state index contributed by atoms with van der Waals surface area (Å²) < 4.78 is 1.25. The van der Waals surface area contributed by atoms with Crippen LogP contribution in [0.15, 0.2) is 28.7 Å². The molecular weight excluding hydrogens is 294 g/mol. The molecule has 1 nitrogen and oxygen atoms in total. The molecule has 0 heterocycles. The van der Waals surface area contributed by atoms with E-state index in [1.807, 2.05) is 11.8 Å². The van der Waals surface area contributed by atoms with Gasteiger partial charge in [-0.2, -0.15) is 11.8 Å². The highest BCUT2D eigenvalue weighted by atomic mass is 79.9. The van der Waals surface area contributed by atoms with Gasteiger partial charge in [0, 0.05) is 17.1 Å². The number of hydrogen-bond acceptors (Lipinski definition) is 2. The Morgan fingerprint density at radius 3 is 2.82 bits per heavy atom. The van der Waals surface area contributed by atoms with Crippen LogP contribution in [0.4, 0.5) is 0 Å². The van der Waals surface area contributed by atoms with E-state index in [-0.39, 0.29) is 0 Å². The van der Waals surface area contributed by atoms with Gasteiger partial charge >= 0.3 is 0 Å². The van der Waals surface area contributed by atoms with Crippen molar-refractivity contribution in [1.29, 1.82) is 0 Å². The van der Waals surface area contributed by atoms with Gasteiger partial charge in [-0.15, -0.1) is 0 Å². The Morgan fingerprint density at radius 2 is 2.18 bits per heavy atom. The molecule has 1 aliphatic rings. The second-order valence-electron chi connectivity index (χ2n) is 4.68. The zero-order valence-corrected chi connectivity index (χ0v) is 12.7. The molecule has 17 heavy (non-hydrogen) atoms. The third kappa shape index (κ3) is 4.31. The molecule has 1 aromatic carbocycles. The van der Waals surface area contributed by atoms with Crippen molar-refractivity contribution in [2.24, 2.45) is 0 Å². The molecule has 0 radical (unpaired) electrons. The maximum absolute atomic E-state index is 3.68. The van der Waals surface area contributed by atoms with Crippen LogP contribution in [0.3, 0.4) is 0 Å².